The molecule has 0 saturated carbocycles. The molecule has 6 heteroatoms. The molecule has 2 heterocycles. The second kappa shape index (κ2) is 18.9. The van der Waals surface area contributed by atoms with E-state index in [1.165, 1.54) is 5.56 Å². The van der Waals surface area contributed by atoms with Gasteiger partial charge in [-0.15, -0.1) is 53.8 Å². The van der Waals surface area contributed by atoms with Crippen molar-refractivity contribution in [1.82, 2.24) is 4.57 Å². The van der Waals surface area contributed by atoms with Crippen LogP contribution < -0.4 is 14.5 Å². The van der Waals surface area contributed by atoms with Crippen LogP contribution in [0.3, 0.4) is 0 Å². The number of aryl methyl sites for hydroxylation is 1. The Morgan fingerprint density at radius 1 is 0.464 bits per heavy atom. The summed E-state index contributed by atoms with van der Waals surface area (Å²) in [6.45, 7) is 4.72. The van der Waals surface area contributed by atoms with Gasteiger partial charge in [-0.1, -0.05) is 194 Å². The van der Waals surface area contributed by atoms with Gasteiger partial charge in [0.2, 0.25) is 0 Å². The summed E-state index contributed by atoms with van der Waals surface area (Å²) >= 11 is 0. The van der Waals surface area contributed by atoms with Gasteiger partial charge in [-0.2, -0.15) is 12.1 Å². The van der Waals surface area contributed by atoms with E-state index in [1.807, 2.05) is 18.2 Å². The SMILES string of the molecule is Cc1cc(-c2ccccc2)c([N-]Cn2c3[c-]c(Oc4[c-]c(N5[CH-]N(c6c(-c7ccccc7)cccc6-c6ccccc6)c6ccccc65)ccc4)ccc3c3ccccc32)c(-c2ccccc2)c1.[Pt+4]. The van der Waals surface area contributed by atoms with E-state index in [2.05, 4.69) is 252 Å². The van der Waals surface area contributed by atoms with Gasteiger partial charge in [0.1, 0.15) is 0 Å². The molecule has 1 aromatic heterocycles. The minimum absolute atomic E-state index is 0. The minimum Gasteiger partial charge on any atom is -0.667 e. The fraction of sp³-hybridized carbons (Fsp3) is 0.0317. The Hall–Kier alpha value is -8.11. The van der Waals surface area contributed by atoms with Gasteiger partial charge in [0.05, 0.1) is 0 Å². The standard InChI is InChI=1S/C63H44N4O.Pt/c1-44-38-56(47-24-10-4-11-25-47)62(57(39-44)48-26-12-5-13-27-48)64-42-65-58-33-15-14-30-54(58)55-37-36-51(41-61(55)65)68-50-29-18-28-49(40-50)66-43-67(60-35-17-16-34-59(60)66)63-52(45-20-6-2-7-21-45)31-19-32-53(63)46-22-8-3-9-23-46;/h2-39,43H,42H2,1H3;/q-4;+4. The first-order chi connectivity index (χ1) is 33.6. The first-order valence-electron chi connectivity index (χ1n) is 23.0. The van der Waals surface area contributed by atoms with Crippen LogP contribution in [0.4, 0.5) is 28.4 Å². The fourth-order valence-corrected chi connectivity index (χ4v) is 9.66. The third-order valence-corrected chi connectivity index (χ3v) is 12.8. The molecule has 0 saturated heterocycles. The van der Waals surface area contributed by atoms with Crippen molar-refractivity contribution < 1.29 is 25.8 Å². The van der Waals surface area contributed by atoms with E-state index in [0.717, 1.165) is 94.8 Å². The van der Waals surface area contributed by atoms with Crippen molar-refractivity contribution in [3.63, 3.8) is 0 Å². The summed E-state index contributed by atoms with van der Waals surface area (Å²) in [5.74, 6) is 1.18. The van der Waals surface area contributed by atoms with Crippen LogP contribution in [0.15, 0.2) is 231 Å². The number of benzene rings is 10. The van der Waals surface area contributed by atoms with Crippen LogP contribution >= 0.6 is 0 Å². The molecule has 12 rings (SSSR count). The zero-order valence-corrected chi connectivity index (χ0v) is 40.0. The van der Waals surface area contributed by atoms with E-state index in [9.17, 15) is 0 Å². The van der Waals surface area contributed by atoms with Crippen molar-refractivity contribution >= 4 is 50.2 Å². The van der Waals surface area contributed by atoms with Gasteiger partial charge >= 0.3 is 21.1 Å². The van der Waals surface area contributed by atoms with Crippen LogP contribution in [-0.4, -0.2) is 4.57 Å². The Kier molecular flexibility index (Phi) is 11.9. The van der Waals surface area contributed by atoms with Gasteiger partial charge < -0.3 is 24.4 Å². The molecule has 11 aromatic rings. The summed E-state index contributed by atoms with van der Waals surface area (Å²) in [6.07, 6.45) is 0. The van der Waals surface area contributed by atoms with Crippen molar-refractivity contribution in [2.75, 3.05) is 9.80 Å². The minimum atomic E-state index is 0. The average Bonchev–Trinajstić information content (AvgIpc) is 3.94. The van der Waals surface area contributed by atoms with Gasteiger partial charge in [0, 0.05) is 45.2 Å². The van der Waals surface area contributed by atoms with E-state index in [4.69, 9.17) is 10.1 Å². The van der Waals surface area contributed by atoms with Gasteiger partial charge in [-0.3, -0.25) is 0 Å². The third-order valence-electron chi connectivity index (χ3n) is 12.8. The monoisotopic (exact) mass is 1070 g/mol. The predicted octanol–water partition coefficient (Wildman–Crippen LogP) is 17.2. The van der Waals surface area contributed by atoms with Gasteiger partial charge in [-0.05, 0) is 69.5 Å². The number of hydrogen-bond donors (Lipinski definition) is 0. The normalized spacial score (nSPS) is 12.0. The Bertz CT molecular complexity index is 3480. The van der Waals surface area contributed by atoms with Crippen LogP contribution in [0.25, 0.3) is 71.6 Å². The molecule has 332 valence electrons. The van der Waals surface area contributed by atoms with Gasteiger partial charge in [0.25, 0.3) is 0 Å². The van der Waals surface area contributed by atoms with Crippen molar-refractivity contribution in [3.8, 4) is 56.0 Å². The van der Waals surface area contributed by atoms with E-state index in [-0.39, 0.29) is 21.1 Å². The van der Waals surface area contributed by atoms with Crippen LogP contribution in [0.1, 0.15) is 5.56 Å². The number of anilines is 4. The molecule has 69 heavy (non-hydrogen) atoms. The molecule has 0 spiro atoms. The second-order valence-corrected chi connectivity index (χ2v) is 17.1. The molecule has 0 bridgehead atoms. The topological polar surface area (TPSA) is 34.7 Å². The van der Waals surface area contributed by atoms with Crippen LogP contribution in [0.2, 0.25) is 0 Å². The zero-order chi connectivity index (χ0) is 45.4. The van der Waals surface area contributed by atoms with Crippen LogP contribution in [0.5, 0.6) is 11.5 Å². The molecule has 1 aliphatic rings. The number of ether oxygens (including phenoxy) is 1. The Morgan fingerprint density at radius 3 is 1.58 bits per heavy atom. The number of fused-ring (bicyclic) bond motifs is 4. The molecular formula is C63H44N4OPt. The van der Waals surface area contributed by atoms with Crippen LogP contribution in [0, 0.1) is 25.7 Å². The maximum absolute atomic E-state index is 6.71. The maximum Gasteiger partial charge on any atom is 4.00 e. The summed E-state index contributed by atoms with van der Waals surface area (Å²) in [6, 6.07) is 88.0. The van der Waals surface area contributed by atoms with E-state index < -0.39 is 0 Å². The van der Waals surface area contributed by atoms with E-state index in [1.54, 1.807) is 0 Å². The smallest absolute Gasteiger partial charge is 0.667 e. The second-order valence-electron chi connectivity index (χ2n) is 17.1. The molecule has 0 amide bonds. The van der Waals surface area contributed by atoms with Crippen molar-refractivity contribution in [1.29, 1.82) is 0 Å². The molecular weight excluding hydrogens is 1020 g/mol. The number of nitrogens with zero attached hydrogens (tertiary/aromatic N) is 4. The number of hydrogen-bond acceptors (Lipinski definition) is 3. The summed E-state index contributed by atoms with van der Waals surface area (Å²) in [5, 5.41) is 7.72. The Balaban J connectivity index is 0.00000520. The molecule has 10 aromatic carbocycles. The average molecular weight is 1070 g/mol. The van der Waals surface area contributed by atoms with Crippen molar-refractivity contribution in [3.05, 3.63) is 260 Å². The molecule has 0 fully saturated rings. The molecule has 5 nitrogen and oxygen atoms in total. The molecule has 0 aliphatic carbocycles. The van der Waals surface area contributed by atoms with Gasteiger partial charge in [0.15, 0.2) is 0 Å². The zero-order valence-electron chi connectivity index (χ0n) is 37.7. The number of para-hydroxylation sites is 4. The molecule has 0 unspecified atom stereocenters. The third kappa shape index (κ3) is 8.26. The van der Waals surface area contributed by atoms with Crippen molar-refractivity contribution in [2.45, 2.75) is 13.6 Å². The molecule has 0 atom stereocenters. The summed E-state index contributed by atoms with van der Waals surface area (Å²) in [5.41, 5.74) is 17.3. The van der Waals surface area contributed by atoms with E-state index >= 15 is 0 Å². The molecule has 1 aliphatic heterocycles. The first-order valence-corrected chi connectivity index (χ1v) is 23.0. The Labute approximate surface area is 417 Å². The van der Waals surface area contributed by atoms with E-state index in [0.29, 0.717) is 18.2 Å². The maximum atomic E-state index is 6.71. The summed E-state index contributed by atoms with van der Waals surface area (Å²) in [7, 11) is 0. The number of rotatable bonds is 11. The molecule has 0 N–H and O–H groups in total. The summed E-state index contributed by atoms with van der Waals surface area (Å²) in [4.78, 5) is 4.51. The van der Waals surface area contributed by atoms with Crippen LogP contribution in [-0.2, 0) is 27.7 Å². The molecule has 0 radical (unpaired) electrons. The Morgan fingerprint density at radius 2 is 0.971 bits per heavy atom. The summed E-state index contributed by atoms with van der Waals surface area (Å²) < 4.78 is 8.96. The largest absolute Gasteiger partial charge is 4.00 e. The van der Waals surface area contributed by atoms with Gasteiger partial charge in [-0.25, -0.2) is 0 Å². The number of aromatic nitrogens is 1. The first kappa shape index (κ1) is 43.5. The quantitative estimate of drug-likeness (QED) is 0.121. The predicted molar refractivity (Wildman–Crippen MR) is 281 cm³/mol. The van der Waals surface area contributed by atoms with Crippen molar-refractivity contribution in [2.24, 2.45) is 0 Å². The fourth-order valence-electron chi connectivity index (χ4n) is 9.66.